The van der Waals surface area contributed by atoms with Crippen molar-refractivity contribution in [3.05, 3.63) is 0 Å². The van der Waals surface area contributed by atoms with Crippen LogP contribution in [0.1, 0.15) is 13.8 Å². The van der Waals surface area contributed by atoms with Gasteiger partial charge in [-0.3, -0.25) is 9.59 Å². The van der Waals surface area contributed by atoms with Crippen LogP contribution in [0.25, 0.3) is 0 Å². The minimum Gasteiger partial charge on any atom is -0.465 e. The van der Waals surface area contributed by atoms with Crippen LogP contribution in [0, 0.1) is 0 Å². The molecule has 0 saturated heterocycles. The molecule has 0 rings (SSSR count). The van der Waals surface area contributed by atoms with Gasteiger partial charge in [0.05, 0.1) is 6.61 Å². The summed E-state index contributed by atoms with van der Waals surface area (Å²) in [6, 6.07) is 0. The summed E-state index contributed by atoms with van der Waals surface area (Å²) in [6.07, 6.45) is -5.00. The molecule has 1 unspecified atom stereocenters. The number of halogens is 3. The number of esters is 1. The fraction of sp³-hybridized carbons (Fsp3) is 0.750. The molecule has 0 bridgehead atoms. The van der Waals surface area contributed by atoms with E-state index in [9.17, 15) is 22.8 Å². The van der Waals surface area contributed by atoms with Gasteiger partial charge in [-0.25, -0.2) is 0 Å². The van der Waals surface area contributed by atoms with Crippen LogP contribution in [0.4, 0.5) is 13.2 Å². The fourth-order valence-electron chi connectivity index (χ4n) is 0.784. The third-order valence-corrected chi connectivity index (χ3v) is 2.42. The van der Waals surface area contributed by atoms with Crippen LogP contribution in [-0.2, 0) is 14.3 Å². The number of alkyl halides is 3. The summed E-state index contributed by atoms with van der Waals surface area (Å²) in [4.78, 5) is 21.9. The zero-order valence-electron chi connectivity index (χ0n) is 8.26. The highest BCUT2D eigenvalue weighted by Gasteiger charge is 2.47. The molecule has 88 valence electrons. The summed E-state index contributed by atoms with van der Waals surface area (Å²) < 4.78 is 40.5. The van der Waals surface area contributed by atoms with Crippen molar-refractivity contribution in [2.45, 2.75) is 25.3 Å². The molecular weight excluding hydrogens is 233 g/mol. The van der Waals surface area contributed by atoms with Crippen LogP contribution in [0.15, 0.2) is 0 Å². The Labute approximate surface area is 89.4 Å². The lowest BCUT2D eigenvalue weighted by molar-refractivity contribution is -0.173. The maximum Gasteiger partial charge on any atom is 0.451 e. The van der Waals surface area contributed by atoms with Crippen molar-refractivity contribution in [3.8, 4) is 0 Å². The van der Waals surface area contributed by atoms with E-state index in [1.54, 1.807) is 6.92 Å². The summed E-state index contributed by atoms with van der Waals surface area (Å²) >= 11 is 0.615. The highest BCUT2D eigenvalue weighted by atomic mass is 32.2. The molecule has 0 aromatic carbocycles. The Balaban J connectivity index is 4.66. The molecule has 0 aromatic rings. The quantitative estimate of drug-likeness (QED) is 0.546. The minimum absolute atomic E-state index is 0.0508. The number of hydrogen-bond donors (Lipinski definition) is 0. The molecule has 0 saturated carbocycles. The van der Waals surface area contributed by atoms with Crippen molar-refractivity contribution >= 4 is 23.5 Å². The zero-order chi connectivity index (χ0) is 12.1. The maximum absolute atomic E-state index is 12.1. The molecule has 0 spiro atoms. The van der Waals surface area contributed by atoms with Crippen molar-refractivity contribution in [2.75, 3.05) is 12.4 Å². The Hall–Kier alpha value is -0.720. The first-order valence-corrected chi connectivity index (χ1v) is 5.28. The number of hydrogen-bond acceptors (Lipinski definition) is 4. The van der Waals surface area contributed by atoms with Crippen LogP contribution >= 0.6 is 11.8 Å². The van der Waals surface area contributed by atoms with Gasteiger partial charge in [-0.15, -0.1) is 11.8 Å². The van der Waals surface area contributed by atoms with Crippen LogP contribution in [-0.4, -0.2) is 35.5 Å². The molecule has 0 radical (unpaired) electrons. The predicted octanol–water partition coefficient (Wildman–Crippen LogP) is 1.80. The first kappa shape index (κ1) is 14.3. The maximum atomic E-state index is 12.1. The van der Waals surface area contributed by atoms with Gasteiger partial charge in [0.25, 0.3) is 5.78 Å². The van der Waals surface area contributed by atoms with Gasteiger partial charge in [-0.1, -0.05) is 6.92 Å². The number of Topliss-reactive ketones (excluding diaryl/α,β-unsaturated/α-hetero) is 1. The van der Waals surface area contributed by atoms with E-state index >= 15 is 0 Å². The monoisotopic (exact) mass is 244 g/mol. The van der Waals surface area contributed by atoms with E-state index < -0.39 is 23.2 Å². The number of ether oxygens (including phenoxy) is 1. The van der Waals surface area contributed by atoms with Gasteiger partial charge in [0.1, 0.15) is 0 Å². The van der Waals surface area contributed by atoms with E-state index in [-0.39, 0.29) is 12.4 Å². The van der Waals surface area contributed by atoms with Gasteiger partial charge < -0.3 is 4.74 Å². The highest BCUT2D eigenvalue weighted by Crippen LogP contribution is 2.25. The van der Waals surface area contributed by atoms with E-state index in [1.165, 1.54) is 6.92 Å². The molecule has 3 nitrogen and oxygen atoms in total. The van der Waals surface area contributed by atoms with Crippen molar-refractivity contribution in [1.29, 1.82) is 0 Å². The molecule has 0 aliphatic heterocycles. The molecule has 7 heteroatoms. The number of carbonyl (C=O) groups excluding carboxylic acids is 2. The molecule has 0 N–H and O–H groups in total. The van der Waals surface area contributed by atoms with Crippen molar-refractivity contribution in [2.24, 2.45) is 0 Å². The van der Waals surface area contributed by atoms with Crippen LogP contribution in [0.3, 0.4) is 0 Å². The Kier molecular flexibility index (Phi) is 5.71. The van der Waals surface area contributed by atoms with Gasteiger partial charge in [-0.05, 0) is 12.7 Å². The first-order chi connectivity index (χ1) is 6.84. The lowest BCUT2D eigenvalue weighted by Crippen LogP contribution is -2.38. The fourth-order valence-corrected chi connectivity index (χ4v) is 1.61. The average Bonchev–Trinajstić information content (AvgIpc) is 2.12. The molecule has 0 aromatic heterocycles. The summed E-state index contributed by atoms with van der Waals surface area (Å²) in [5.41, 5.74) is 0. The van der Waals surface area contributed by atoms with Gasteiger partial charge in [-0.2, -0.15) is 13.2 Å². The van der Waals surface area contributed by atoms with E-state index in [0.29, 0.717) is 11.8 Å². The predicted molar refractivity (Wildman–Crippen MR) is 49.6 cm³/mol. The molecule has 1 atom stereocenters. The SMILES string of the molecule is CCOC(=O)C(SCC)C(=O)C(F)(F)F. The third kappa shape index (κ3) is 4.55. The van der Waals surface area contributed by atoms with E-state index in [0.717, 1.165) is 0 Å². The normalized spacial score (nSPS) is 13.4. The molecule has 0 amide bonds. The molecule has 0 fully saturated rings. The standard InChI is InChI=1S/C8H11F3O3S/c1-3-14-7(13)5(15-4-2)6(12)8(9,10)11/h5H,3-4H2,1-2H3. The van der Waals surface area contributed by atoms with Gasteiger partial charge in [0.2, 0.25) is 0 Å². The number of ketones is 1. The molecular formula is C8H11F3O3S. The largest absolute Gasteiger partial charge is 0.465 e. The van der Waals surface area contributed by atoms with E-state index in [1.807, 2.05) is 0 Å². The van der Waals surface area contributed by atoms with Crippen LogP contribution < -0.4 is 0 Å². The summed E-state index contributed by atoms with van der Waals surface area (Å²) in [7, 11) is 0. The summed E-state index contributed by atoms with van der Waals surface area (Å²) in [6.45, 7) is 2.97. The second-order valence-corrected chi connectivity index (χ2v) is 3.83. The van der Waals surface area contributed by atoms with Gasteiger partial charge in [0.15, 0.2) is 5.25 Å². The molecule has 15 heavy (non-hydrogen) atoms. The topological polar surface area (TPSA) is 43.4 Å². The average molecular weight is 244 g/mol. The number of carbonyl (C=O) groups is 2. The summed E-state index contributed by atoms with van der Waals surface area (Å²) in [5, 5.41) is -1.80. The molecule has 0 aliphatic rings. The lowest BCUT2D eigenvalue weighted by atomic mass is 10.3. The Bertz CT molecular complexity index is 240. The zero-order valence-corrected chi connectivity index (χ0v) is 9.07. The Morgan fingerprint density at radius 1 is 1.33 bits per heavy atom. The van der Waals surface area contributed by atoms with Crippen LogP contribution in [0.2, 0.25) is 0 Å². The van der Waals surface area contributed by atoms with Crippen molar-refractivity contribution in [1.82, 2.24) is 0 Å². The minimum atomic E-state index is -5.00. The summed E-state index contributed by atoms with van der Waals surface area (Å²) in [5.74, 6) is -2.97. The number of thioether (sulfide) groups is 1. The first-order valence-electron chi connectivity index (χ1n) is 4.23. The second-order valence-electron chi connectivity index (χ2n) is 2.45. The third-order valence-electron chi connectivity index (χ3n) is 1.35. The van der Waals surface area contributed by atoms with Crippen molar-refractivity contribution in [3.63, 3.8) is 0 Å². The highest BCUT2D eigenvalue weighted by molar-refractivity contribution is 8.01. The van der Waals surface area contributed by atoms with Crippen LogP contribution in [0.5, 0.6) is 0 Å². The smallest absolute Gasteiger partial charge is 0.451 e. The Morgan fingerprint density at radius 3 is 2.20 bits per heavy atom. The van der Waals surface area contributed by atoms with Gasteiger partial charge >= 0.3 is 12.1 Å². The Morgan fingerprint density at radius 2 is 1.87 bits per heavy atom. The molecule has 0 aliphatic carbocycles. The number of rotatable bonds is 5. The van der Waals surface area contributed by atoms with E-state index in [2.05, 4.69) is 4.74 Å². The van der Waals surface area contributed by atoms with Gasteiger partial charge in [0, 0.05) is 0 Å². The second kappa shape index (κ2) is 5.99. The van der Waals surface area contributed by atoms with E-state index in [4.69, 9.17) is 0 Å². The molecule has 0 heterocycles. The van der Waals surface area contributed by atoms with Crippen molar-refractivity contribution < 1.29 is 27.5 Å². The lowest BCUT2D eigenvalue weighted by Gasteiger charge is -2.14.